The third kappa shape index (κ3) is 3.44. The molecule has 0 aliphatic carbocycles. The van der Waals surface area contributed by atoms with E-state index >= 15 is 0 Å². The lowest BCUT2D eigenvalue weighted by atomic mass is 9.97. The molecule has 4 rings (SSSR count). The SMILES string of the molecule is Cc1cccc(N2C(=O)C(=O)/C(=C(\O)c3ccc(Br)c(C)c3)C2c2ccccn2)c1. The first-order valence-corrected chi connectivity index (χ1v) is 10.2. The van der Waals surface area contributed by atoms with Crippen molar-refractivity contribution in [2.45, 2.75) is 19.9 Å². The molecule has 1 amide bonds. The van der Waals surface area contributed by atoms with Gasteiger partial charge in [-0.25, -0.2) is 0 Å². The van der Waals surface area contributed by atoms with Crippen molar-refractivity contribution in [3.63, 3.8) is 0 Å². The van der Waals surface area contributed by atoms with E-state index in [1.807, 2.05) is 32.0 Å². The van der Waals surface area contributed by atoms with Crippen LogP contribution in [-0.2, 0) is 9.59 Å². The number of pyridine rings is 1. The molecule has 0 bridgehead atoms. The Kier molecular flexibility index (Phi) is 5.26. The van der Waals surface area contributed by atoms with Gasteiger partial charge in [-0.15, -0.1) is 0 Å². The summed E-state index contributed by atoms with van der Waals surface area (Å²) in [5.41, 5.74) is 3.45. The summed E-state index contributed by atoms with van der Waals surface area (Å²) in [6.45, 7) is 3.81. The van der Waals surface area contributed by atoms with E-state index in [9.17, 15) is 14.7 Å². The van der Waals surface area contributed by atoms with Crippen molar-refractivity contribution in [1.82, 2.24) is 4.98 Å². The smallest absolute Gasteiger partial charge is 0.300 e. The Hall–Kier alpha value is -3.25. The summed E-state index contributed by atoms with van der Waals surface area (Å²) in [4.78, 5) is 31.9. The van der Waals surface area contributed by atoms with Crippen molar-refractivity contribution in [2.24, 2.45) is 0 Å². The van der Waals surface area contributed by atoms with Crippen molar-refractivity contribution >= 4 is 39.1 Å². The van der Waals surface area contributed by atoms with E-state index in [0.29, 0.717) is 16.9 Å². The Morgan fingerprint density at radius 2 is 1.83 bits per heavy atom. The molecule has 2 heterocycles. The van der Waals surface area contributed by atoms with Gasteiger partial charge in [0.05, 0.1) is 11.3 Å². The van der Waals surface area contributed by atoms with Crippen molar-refractivity contribution in [3.05, 3.63) is 99.3 Å². The fourth-order valence-corrected chi connectivity index (χ4v) is 3.89. The van der Waals surface area contributed by atoms with Gasteiger partial charge in [0.15, 0.2) is 0 Å². The number of nitrogens with zero attached hydrogens (tertiary/aromatic N) is 2. The van der Waals surface area contributed by atoms with Crippen LogP contribution in [-0.4, -0.2) is 21.8 Å². The van der Waals surface area contributed by atoms with Gasteiger partial charge in [-0.1, -0.05) is 40.2 Å². The van der Waals surface area contributed by atoms with Gasteiger partial charge >= 0.3 is 0 Å². The quantitative estimate of drug-likeness (QED) is 0.334. The Balaban J connectivity index is 1.95. The molecule has 1 saturated heterocycles. The summed E-state index contributed by atoms with van der Waals surface area (Å²) >= 11 is 3.44. The molecule has 1 N–H and O–H groups in total. The normalized spacial score (nSPS) is 18.1. The van der Waals surface area contributed by atoms with Crippen molar-refractivity contribution in [1.29, 1.82) is 0 Å². The van der Waals surface area contributed by atoms with Crippen molar-refractivity contribution in [3.8, 4) is 0 Å². The Morgan fingerprint density at radius 3 is 2.50 bits per heavy atom. The topological polar surface area (TPSA) is 70.5 Å². The van der Waals surface area contributed by atoms with E-state index in [1.54, 1.807) is 48.7 Å². The number of rotatable bonds is 3. The minimum atomic E-state index is -0.822. The van der Waals surface area contributed by atoms with Crippen LogP contribution in [0.15, 0.2) is 76.9 Å². The highest BCUT2D eigenvalue weighted by Crippen LogP contribution is 2.41. The van der Waals surface area contributed by atoms with Crippen LogP contribution in [0.1, 0.15) is 28.4 Å². The molecule has 1 unspecified atom stereocenters. The van der Waals surface area contributed by atoms with Crippen LogP contribution < -0.4 is 4.90 Å². The third-order valence-corrected chi connectivity index (χ3v) is 6.01. The van der Waals surface area contributed by atoms with Crippen LogP contribution in [0.25, 0.3) is 5.76 Å². The zero-order valence-electron chi connectivity index (χ0n) is 16.5. The predicted octanol–water partition coefficient (Wildman–Crippen LogP) is 5.09. The lowest BCUT2D eigenvalue weighted by Crippen LogP contribution is -2.29. The van der Waals surface area contributed by atoms with Gasteiger partial charge in [-0.05, 0) is 61.4 Å². The lowest BCUT2D eigenvalue weighted by Gasteiger charge is -2.24. The van der Waals surface area contributed by atoms with E-state index in [1.165, 1.54) is 4.90 Å². The largest absolute Gasteiger partial charge is 0.507 e. The molecular formula is C24H19BrN2O3. The van der Waals surface area contributed by atoms with E-state index in [0.717, 1.165) is 15.6 Å². The minimum absolute atomic E-state index is 0.0296. The van der Waals surface area contributed by atoms with Gasteiger partial charge in [-0.3, -0.25) is 19.5 Å². The number of hydrogen-bond acceptors (Lipinski definition) is 4. The molecule has 2 aromatic carbocycles. The maximum Gasteiger partial charge on any atom is 0.300 e. The average Bonchev–Trinajstić information content (AvgIpc) is 3.01. The molecular weight excluding hydrogens is 444 g/mol. The number of aliphatic hydroxyl groups excluding tert-OH is 1. The van der Waals surface area contributed by atoms with Gasteiger partial charge in [0.2, 0.25) is 0 Å². The maximum atomic E-state index is 13.1. The van der Waals surface area contributed by atoms with E-state index in [-0.39, 0.29) is 11.3 Å². The Bertz CT molecular complexity index is 1190. The number of aromatic nitrogens is 1. The highest BCUT2D eigenvalue weighted by atomic mass is 79.9. The number of benzene rings is 2. The molecule has 1 aliphatic heterocycles. The van der Waals surface area contributed by atoms with Crippen molar-refractivity contribution < 1.29 is 14.7 Å². The van der Waals surface area contributed by atoms with E-state index < -0.39 is 17.7 Å². The summed E-state index contributed by atoms with van der Waals surface area (Å²) in [5.74, 6) is -1.63. The summed E-state index contributed by atoms with van der Waals surface area (Å²) in [7, 11) is 0. The highest BCUT2D eigenvalue weighted by Gasteiger charge is 2.47. The molecule has 30 heavy (non-hydrogen) atoms. The second-order valence-corrected chi connectivity index (χ2v) is 8.08. The monoisotopic (exact) mass is 462 g/mol. The maximum absolute atomic E-state index is 13.1. The number of amides is 1. The summed E-state index contributed by atoms with van der Waals surface area (Å²) in [6, 6.07) is 17.1. The molecule has 6 heteroatoms. The van der Waals surface area contributed by atoms with Crippen LogP contribution in [0.3, 0.4) is 0 Å². The summed E-state index contributed by atoms with van der Waals surface area (Å²) in [6.07, 6.45) is 1.61. The van der Waals surface area contributed by atoms with E-state index in [2.05, 4.69) is 20.9 Å². The first-order valence-electron chi connectivity index (χ1n) is 9.43. The Labute approximate surface area is 182 Å². The molecule has 5 nitrogen and oxygen atoms in total. The molecule has 3 aromatic rings. The van der Waals surface area contributed by atoms with Gasteiger partial charge in [0.1, 0.15) is 11.8 Å². The van der Waals surface area contributed by atoms with Gasteiger partial charge < -0.3 is 5.11 Å². The first-order chi connectivity index (χ1) is 14.4. The number of aryl methyl sites for hydroxylation is 2. The molecule has 1 fully saturated rings. The molecule has 150 valence electrons. The third-order valence-electron chi connectivity index (χ3n) is 5.12. The lowest BCUT2D eigenvalue weighted by molar-refractivity contribution is -0.132. The zero-order chi connectivity index (χ0) is 21.4. The van der Waals surface area contributed by atoms with Gasteiger partial charge in [0, 0.05) is 21.9 Å². The number of ketones is 1. The molecule has 0 spiro atoms. The van der Waals surface area contributed by atoms with Crippen LogP contribution in [0.5, 0.6) is 0 Å². The Morgan fingerprint density at radius 1 is 1.03 bits per heavy atom. The van der Waals surface area contributed by atoms with E-state index in [4.69, 9.17) is 0 Å². The summed E-state index contributed by atoms with van der Waals surface area (Å²) in [5, 5.41) is 11.1. The molecule has 0 radical (unpaired) electrons. The van der Waals surface area contributed by atoms with Gasteiger partial charge in [0.25, 0.3) is 11.7 Å². The van der Waals surface area contributed by atoms with Crippen molar-refractivity contribution in [2.75, 3.05) is 4.90 Å². The number of carbonyl (C=O) groups excluding carboxylic acids is 2. The number of Topliss-reactive ketones (excluding diaryl/α,β-unsaturated/α-hetero) is 1. The average molecular weight is 463 g/mol. The van der Waals surface area contributed by atoms with Gasteiger partial charge in [-0.2, -0.15) is 0 Å². The first kappa shape index (κ1) is 20.0. The molecule has 1 atom stereocenters. The van der Waals surface area contributed by atoms with Crippen LogP contribution in [0, 0.1) is 13.8 Å². The fourth-order valence-electron chi connectivity index (χ4n) is 3.64. The standard InChI is InChI=1S/C24H19BrN2O3/c1-14-6-5-7-17(12-14)27-21(19-8-3-4-11-26-19)20(23(29)24(27)30)22(28)16-9-10-18(25)15(2)13-16/h3-13,21,28H,1-2H3/b22-20-. The molecule has 1 aliphatic rings. The highest BCUT2D eigenvalue weighted by molar-refractivity contribution is 9.10. The fraction of sp³-hybridized carbons (Fsp3) is 0.125. The number of aliphatic hydroxyl groups is 1. The van der Waals surface area contributed by atoms with Crippen LogP contribution >= 0.6 is 15.9 Å². The van der Waals surface area contributed by atoms with Crippen LogP contribution in [0.2, 0.25) is 0 Å². The number of carbonyl (C=O) groups is 2. The second-order valence-electron chi connectivity index (χ2n) is 7.23. The molecule has 0 saturated carbocycles. The number of hydrogen-bond donors (Lipinski definition) is 1. The minimum Gasteiger partial charge on any atom is -0.507 e. The number of halogens is 1. The number of anilines is 1. The molecule has 1 aromatic heterocycles. The summed E-state index contributed by atoms with van der Waals surface area (Å²) < 4.78 is 0.889. The second kappa shape index (κ2) is 7.88. The predicted molar refractivity (Wildman–Crippen MR) is 119 cm³/mol. The van der Waals surface area contributed by atoms with Crippen LogP contribution in [0.4, 0.5) is 5.69 Å². The zero-order valence-corrected chi connectivity index (χ0v) is 18.1.